The van der Waals surface area contributed by atoms with E-state index in [2.05, 4.69) is 15.5 Å². The molecule has 0 aliphatic carbocycles. The van der Waals surface area contributed by atoms with Gasteiger partial charge in [-0.1, -0.05) is 11.2 Å². The summed E-state index contributed by atoms with van der Waals surface area (Å²) in [5, 5.41) is 6.78. The molecule has 0 spiro atoms. The molecule has 1 fully saturated rings. The van der Waals surface area contributed by atoms with Gasteiger partial charge >= 0.3 is 12.2 Å². The molecule has 0 bridgehead atoms. The van der Waals surface area contributed by atoms with Gasteiger partial charge in [0.2, 0.25) is 11.7 Å². The van der Waals surface area contributed by atoms with E-state index in [1.165, 1.54) is 19.2 Å². The van der Waals surface area contributed by atoms with Crippen LogP contribution in [-0.4, -0.2) is 43.4 Å². The minimum Gasteiger partial charge on any atom is -0.497 e. The zero-order chi connectivity index (χ0) is 25.0. The Labute approximate surface area is 200 Å². The molecule has 1 aliphatic rings. The summed E-state index contributed by atoms with van der Waals surface area (Å²) < 4.78 is 55.0. The van der Waals surface area contributed by atoms with Crippen LogP contribution >= 0.6 is 0 Å². The van der Waals surface area contributed by atoms with Crippen molar-refractivity contribution in [1.29, 1.82) is 0 Å². The Hall–Kier alpha value is -3.76. The third kappa shape index (κ3) is 5.67. The van der Waals surface area contributed by atoms with Crippen LogP contribution < -0.4 is 19.7 Å². The fraction of sp³-hybridized carbons (Fsp3) is 0.375. The van der Waals surface area contributed by atoms with Crippen LogP contribution in [-0.2, 0) is 17.5 Å². The minimum absolute atomic E-state index is 0.000995. The molecule has 35 heavy (non-hydrogen) atoms. The van der Waals surface area contributed by atoms with Gasteiger partial charge in [-0.15, -0.1) is 0 Å². The Balaban J connectivity index is 1.30. The number of aromatic nitrogens is 2. The van der Waals surface area contributed by atoms with Gasteiger partial charge in [0.25, 0.3) is 0 Å². The summed E-state index contributed by atoms with van der Waals surface area (Å²) in [6.07, 6.45) is -3.43. The second-order valence-electron chi connectivity index (χ2n) is 8.14. The van der Waals surface area contributed by atoms with E-state index in [0.29, 0.717) is 43.3 Å². The van der Waals surface area contributed by atoms with Gasteiger partial charge in [-0.3, -0.25) is 4.79 Å². The first-order valence-corrected chi connectivity index (χ1v) is 11.0. The fourth-order valence-corrected chi connectivity index (χ4v) is 3.95. The van der Waals surface area contributed by atoms with Crippen molar-refractivity contribution < 1.29 is 32.0 Å². The molecule has 0 saturated carbocycles. The van der Waals surface area contributed by atoms with Gasteiger partial charge in [0, 0.05) is 31.1 Å². The maximum Gasteiger partial charge on any atom is 0.419 e. The number of halogens is 3. The van der Waals surface area contributed by atoms with Gasteiger partial charge in [-0.05, 0) is 54.8 Å². The van der Waals surface area contributed by atoms with E-state index in [1.54, 1.807) is 7.11 Å². The van der Waals surface area contributed by atoms with Crippen LogP contribution in [0.3, 0.4) is 0 Å². The second kappa shape index (κ2) is 10.2. The molecule has 0 atom stereocenters. The number of hydrogen-bond acceptors (Lipinski definition) is 7. The number of nitrogens with one attached hydrogen (secondary N) is 1. The fourth-order valence-electron chi connectivity index (χ4n) is 3.95. The normalized spacial score (nSPS) is 14.6. The first kappa shape index (κ1) is 24.4. The highest BCUT2D eigenvalue weighted by Crippen LogP contribution is 2.36. The predicted octanol–water partition coefficient (Wildman–Crippen LogP) is 4.31. The lowest BCUT2D eigenvalue weighted by Crippen LogP contribution is -2.40. The number of rotatable bonds is 7. The van der Waals surface area contributed by atoms with Crippen molar-refractivity contribution in [2.75, 3.05) is 32.2 Å². The van der Waals surface area contributed by atoms with Crippen LogP contribution in [0, 0.1) is 5.92 Å². The molecular weight excluding hydrogens is 465 g/mol. The molecule has 2 aromatic carbocycles. The van der Waals surface area contributed by atoms with Crippen molar-refractivity contribution in [2.45, 2.75) is 25.6 Å². The third-order valence-corrected chi connectivity index (χ3v) is 5.94. The average molecular weight is 490 g/mol. The van der Waals surface area contributed by atoms with Crippen LogP contribution in [0.1, 0.15) is 24.0 Å². The van der Waals surface area contributed by atoms with Gasteiger partial charge in [-0.2, -0.15) is 18.2 Å². The molecule has 11 heteroatoms. The maximum atomic E-state index is 13.2. The quantitative estimate of drug-likeness (QED) is 0.528. The highest BCUT2D eigenvalue weighted by Gasteiger charge is 2.34. The van der Waals surface area contributed by atoms with Crippen LogP contribution in [0.25, 0.3) is 11.4 Å². The summed E-state index contributed by atoms with van der Waals surface area (Å²) in [5.41, 5.74) is 0.275. The summed E-state index contributed by atoms with van der Waals surface area (Å²) in [5.74, 6) is 0.482. The van der Waals surface area contributed by atoms with E-state index < -0.39 is 11.7 Å². The van der Waals surface area contributed by atoms with E-state index in [9.17, 15) is 18.0 Å². The Bertz CT molecular complexity index is 1160. The summed E-state index contributed by atoms with van der Waals surface area (Å²) >= 11 is 0. The predicted molar refractivity (Wildman–Crippen MR) is 121 cm³/mol. The molecule has 1 aromatic heterocycles. The topological polar surface area (TPSA) is 89.7 Å². The number of carbonyl (C=O) groups excluding carboxylic acids is 1. The van der Waals surface area contributed by atoms with Crippen LogP contribution in [0.4, 0.5) is 19.2 Å². The molecule has 1 aliphatic heterocycles. The summed E-state index contributed by atoms with van der Waals surface area (Å²) in [6.45, 7) is 1.09. The Morgan fingerprint density at radius 1 is 1.11 bits per heavy atom. The molecule has 0 unspecified atom stereocenters. The van der Waals surface area contributed by atoms with Gasteiger partial charge in [0.1, 0.15) is 11.5 Å². The lowest BCUT2D eigenvalue weighted by molar-refractivity contribution is -0.138. The van der Waals surface area contributed by atoms with Crippen molar-refractivity contribution in [3.63, 3.8) is 0 Å². The lowest BCUT2D eigenvalue weighted by atomic mass is 9.96. The monoisotopic (exact) mass is 490 g/mol. The second-order valence-corrected chi connectivity index (χ2v) is 8.14. The summed E-state index contributed by atoms with van der Waals surface area (Å²) in [4.78, 5) is 19.0. The Morgan fingerprint density at radius 2 is 1.83 bits per heavy atom. The van der Waals surface area contributed by atoms with Gasteiger partial charge in [0.15, 0.2) is 0 Å². The Kier molecular flexibility index (Phi) is 7.13. The number of anilines is 1. The molecule has 1 amide bonds. The van der Waals surface area contributed by atoms with Crippen molar-refractivity contribution in [2.24, 2.45) is 5.92 Å². The zero-order valence-electron chi connectivity index (χ0n) is 19.3. The molecular formula is C24H25F3N4O4. The van der Waals surface area contributed by atoms with Crippen LogP contribution in [0.2, 0.25) is 0 Å². The van der Waals surface area contributed by atoms with Crippen LogP contribution in [0.15, 0.2) is 47.0 Å². The van der Waals surface area contributed by atoms with Gasteiger partial charge in [-0.25, -0.2) is 0 Å². The minimum atomic E-state index is -4.54. The molecule has 3 aromatic rings. The smallest absolute Gasteiger partial charge is 0.419 e. The van der Waals surface area contributed by atoms with E-state index in [0.717, 1.165) is 17.4 Å². The first-order valence-electron chi connectivity index (χ1n) is 11.0. The highest BCUT2D eigenvalue weighted by molar-refractivity contribution is 5.79. The van der Waals surface area contributed by atoms with E-state index in [-0.39, 0.29) is 24.1 Å². The number of benzene rings is 2. The van der Waals surface area contributed by atoms with Crippen molar-refractivity contribution >= 4 is 11.9 Å². The SMILES string of the molecule is COc1ccc(-c2noc(N3CCC(C(=O)NCc4ccc(OC)c(C(F)(F)F)c4)CC3)n2)cc1. The number of piperidine rings is 1. The highest BCUT2D eigenvalue weighted by atomic mass is 19.4. The van der Waals surface area contributed by atoms with Gasteiger partial charge in [0.05, 0.1) is 19.8 Å². The standard InChI is InChI=1S/C24H25F3N4O4/c1-33-18-6-4-16(5-7-18)21-29-23(35-30-21)31-11-9-17(10-12-31)22(32)28-14-15-3-8-20(34-2)19(13-15)24(25,26)27/h3-8,13,17H,9-12,14H2,1-2H3,(H,28,32). The molecule has 1 saturated heterocycles. The largest absolute Gasteiger partial charge is 0.497 e. The number of alkyl halides is 3. The number of ether oxygens (including phenoxy) is 2. The molecule has 0 radical (unpaired) electrons. The lowest BCUT2D eigenvalue weighted by Gasteiger charge is -2.29. The van der Waals surface area contributed by atoms with Crippen molar-refractivity contribution in [3.05, 3.63) is 53.6 Å². The number of carbonyl (C=O) groups is 1. The number of amides is 1. The third-order valence-electron chi connectivity index (χ3n) is 5.94. The van der Waals surface area contributed by atoms with Gasteiger partial charge < -0.3 is 24.2 Å². The van der Waals surface area contributed by atoms with Crippen molar-refractivity contribution in [3.8, 4) is 22.9 Å². The molecule has 2 heterocycles. The van der Waals surface area contributed by atoms with E-state index in [4.69, 9.17) is 14.0 Å². The van der Waals surface area contributed by atoms with E-state index in [1.807, 2.05) is 29.2 Å². The number of hydrogen-bond donors (Lipinski definition) is 1. The molecule has 186 valence electrons. The summed E-state index contributed by atoms with van der Waals surface area (Å²) in [7, 11) is 2.78. The van der Waals surface area contributed by atoms with Crippen LogP contribution in [0.5, 0.6) is 11.5 Å². The summed E-state index contributed by atoms with van der Waals surface area (Å²) in [6, 6.07) is 11.4. The number of nitrogens with zero attached hydrogens (tertiary/aromatic N) is 3. The van der Waals surface area contributed by atoms with Crippen molar-refractivity contribution in [1.82, 2.24) is 15.5 Å². The average Bonchev–Trinajstić information content (AvgIpc) is 3.37. The van der Waals surface area contributed by atoms with E-state index >= 15 is 0 Å². The Morgan fingerprint density at radius 3 is 2.46 bits per heavy atom. The zero-order valence-corrected chi connectivity index (χ0v) is 19.3. The first-order chi connectivity index (χ1) is 16.8. The molecule has 4 rings (SSSR count). The number of methoxy groups -OCH3 is 2. The molecule has 1 N–H and O–H groups in total. The molecule has 8 nitrogen and oxygen atoms in total. The maximum absolute atomic E-state index is 13.2.